The highest BCUT2D eigenvalue weighted by Gasteiger charge is 2.16. The van der Waals surface area contributed by atoms with Crippen molar-refractivity contribution in [2.75, 3.05) is 6.61 Å². The van der Waals surface area contributed by atoms with E-state index in [4.69, 9.17) is 10.5 Å². The molecule has 0 amide bonds. The highest BCUT2D eigenvalue weighted by molar-refractivity contribution is 5.43. The molecule has 0 aliphatic heterocycles. The van der Waals surface area contributed by atoms with Gasteiger partial charge < -0.3 is 10.5 Å². The fraction of sp³-hybridized carbons (Fsp3) is 0.312. The van der Waals surface area contributed by atoms with Crippen molar-refractivity contribution >= 4 is 0 Å². The summed E-state index contributed by atoms with van der Waals surface area (Å²) in [6, 6.07) is 9.76. The zero-order valence-corrected chi connectivity index (χ0v) is 11.5. The van der Waals surface area contributed by atoms with Crippen LogP contribution in [0.3, 0.4) is 0 Å². The van der Waals surface area contributed by atoms with Crippen LogP contribution in [-0.4, -0.2) is 11.6 Å². The van der Waals surface area contributed by atoms with E-state index in [1.54, 1.807) is 6.20 Å². The SMILES string of the molecule is CCOc1ccccc1C(N)c1ccncc1CC. The first kappa shape index (κ1) is 13.6. The second-order valence-electron chi connectivity index (χ2n) is 4.38. The Morgan fingerprint density at radius 3 is 2.68 bits per heavy atom. The quantitative estimate of drug-likeness (QED) is 0.894. The summed E-state index contributed by atoms with van der Waals surface area (Å²) in [4.78, 5) is 4.16. The average Bonchev–Trinajstić information content (AvgIpc) is 2.47. The molecule has 0 fully saturated rings. The van der Waals surface area contributed by atoms with E-state index in [-0.39, 0.29) is 6.04 Å². The van der Waals surface area contributed by atoms with E-state index >= 15 is 0 Å². The van der Waals surface area contributed by atoms with Crippen LogP contribution in [0, 0.1) is 0 Å². The number of ether oxygens (including phenoxy) is 1. The van der Waals surface area contributed by atoms with Crippen LogP contribution in [0.2, 0.25) is 0 Å². The van der Waals surface area contributed by atoms with Crippen LogP contribution < -0.4 is 10.5 Å². The smallest absolute Gasteiger partial charge is 0.124 e. The maximum absolute atomic E-state index is 6.42. The molecule has 3 heteroatoms. The van der Waals surface area contributed by atoms with E-state index in [1.807, 2.05) is 43.5 Å². The first-order valence-electron chi connectivity index (χ1n) is 6.68. The minimum absolute atomic E-state index is 0.180. The summed E-state index contributed by atoms with van der Waals surface area (Å²) in [6.07, 6.45) is 4.60. The number of nitrogens with zero attached hydrogens (tertiary/aromatic N) is 1. The van der Waals surface area contributed by atoms with E-state index in [0.717, 1.165) is 23.3 Å². The summed E-state index contributed by atoms with van der Waals surface area (Å²) in [6.45, 7) is 4.73. The van der Waals surface area contributed by atoms with Crippen molar-refractivity contribution in [2.24, 2.45) is 5.73 Å². The largest absolute Gasteiger partial charge is 0.494 e. The average molecular weight is 256 g/mol. The van der Waals surface area contributed by atoms with E-state index in [2.05, 4.69) is 11.9 Å². The van der Waals surface area contributed by atoms with Gasteiger partial charge in [0, 0.05) is 18.0 Å². The number of rotatable bonds is 5. The standard InChI is InChI=1S/C16H20N2O/c1-3-12-11-18-10-9-13(12)16(17)14-7-5-6-8-15(14)19-4-2/h5-11,16H,3-4,17H2,1-2H3. The highest BCUT2D eigenvalue weighted by Crippen LogP contribution is 2.29. The number of benzene rings is 1. The molecule has 0 radical (unpaired) electrons. The predicted molar refractivity (Wildman–Crippen MR) is 77.3 cm³/mol. The van der Waals surface area contributed by atoms with Gasteiger partial charge in [0.25, 0.3) is 0 Å². The lowest BCUT2D eigenvalue weighted by molar-refractivity contribution is 0.335. The van der Waals surface area contributed by atoms with Gasteiger partial charge in [-0.3, -0.25) is 4.98 Å². The Hall–Kier alpha value is -1.87. The van der Waals surface area contributed by atoms with E-state index in [0.29, 0.717) is 6.61 Å². The number of para-hydroxylation sites is 1. The lowest BCUT2D eigenvalue weighted by Crippen LogP contribution is -2.15. The van der Waals surface area contributed by atoms with E-state index in [9.17, 15) is 0 Å². The van der Waals surface area contributed by atoms with Gasteiger partial charge in [-0.2, -0.15) is 0 Å². The Kier molecular flexibility index (Phi) is 4.53. The second-order valence-corrected chi connectivity index (χ2v) is 4.38. The number of aromatic nitrogens is 1. The van der Waals surface area contributed by atoms with Crippen LogP contribution in [0.1, 0.15) is 36.6 Å². The third kappa shape index (κ3) is 2.93. The normalized spacial score (nSPS) is 12.2. The molecule has 1 aromatic carbocycles. The molecule has 2 rings (SSSR count). The predicted octanol–water partition coefficient (Wildman–Crippen LogP) is 3.09. The van der Waals surface area contributed by atoms with Crippen molar-refractivity contribution in [3.63, 3.8) is 0 Å². The summed E-state index contributed by atoms with van der Waals surface area (Å²) in [5, 5.41) is 0. The fourth-order valence-corrected chi connectivity index (χ4v) is 2.23. The monoisotopic (exact) mass is 256 g/mol. The maximum atomic E-state index is 6.42. The summed E-state index contributed by atoms with van der Waals surface area (Å²) in [5.74, 6) is 0.858. The van der Waals surface area contributed by atoms with Gasteiger partial charge in [0.15, 0.2) is 0 Å². The number of aryl methyl sites for hydroxylation is 1. The lowest BCUT2D eigenvalue weighted by atomic mass is 9.95. The molecule has 0 aliphatic carbocycles. The van der Waals surface area contributed by atoms with Crippen LogP contribution in [-0.2, 0) is 6.42 Å². The Morgan fingerprint density at radius 2 is 1.95 bits per heavy atom. The molecule has 1 unspecified atom stereocenters. The fourth-order valence-electron chi connectivity index (χ4n) is 2.23. The van der Waals surface area contributed by atoms with Gasteiger partial charge in [-0.1, -0.05) is 25.1 Å². The van der Waals surface area contributed by atoms with Crippen molar-refractivity contribution in [3.8, 4) is 5.75 Å². The number of hydrogen-bond acceptors (Lipinski definition) is 3. The van der Waals surface area contributed by atoms with Gasteiger partial charge in [0.1, 0.15) is 5.75 Å². The Morgan fingerprint density at radius 1 is 1.16 bits per heavy atom. The van der Waals surface area contributed by atoms with Gasteiger partial charge in [0.05, 0.1) is 12.6 Å². The van der Waals surface area contributed by atoms with Gasteiger partial charge in [-0.15, -0.1) is 0 Å². The van der Waals surface area contributed by atoms with E-state index in [1.165, 1.54) is 5.56 Å². The molecule has 1 heterocycles. The zero-order chi connectivity index (χ0) is 13.7. The molecule has 0 bridgehead atoms. The van der Waals surface area contributed by atoms with Crippen molar-refractivity contribution in [1.82, 2.24) is 4.98 Å². The molecule has 0 aliphatic rings. The molecule has 0 saturated carbocycles. The Bertz CT molecular complexity index is 540. The summed E-state index contributed by atoms with van der Waals surface area (Å²) in [7, 11) is 0. The molecule has 0 saturated heterocycles. The van der Waals surface area contributed by atoms with Crippen LogP contribution in [0.25, 0.3) is 0 Å². The second kappa shape index (κ2) is 6.34. The summed E-state index contributed by atoms with van der Waals surface area (Å²) in [5.41, 5.74) is 9.73. The molecular formula is C16H20N2O. The number of hydrogen-bond donors (Lipinski definition) is 1. The molecule has 2 N–H and O–H groups in total. The summed E-state index contributed by atoms with van der Waals surface area (Å²) >= 11 is 0. The molecule has 100 valence electrons. The lowest BCUT2D eigenvalue weighted by Gasteiger charge is -2.19. The number of nitrogens with two attached hydrogens (primary N) is 1. The van der Waals surface area contributed by atoms with Crippen molar-refractivity contribution in [2.45, 2.75) is 26.3 Å². The van der Waals surface area contributed by atoms with Gasteiger partial charge >= 0.3 is 0 Å². The zero-order valence-electron chi connectivity index (χ0n) is 11.5. The molecule has 0 spiro atoms. The highest BCUT2D eigenvalue weighted by atomic mass is 16.5. The number of pyridine rings is 1. The molecule has 2 aromatic rings. The van der Waals surface area contributed by atoms with Crippen LogP contribution in [0.5, 0.6) is 5.75 Å². The third-order valence-electron chi connectivity index (χ3n) is 3.21. The molecular weight excluding hydrogens is 236 g/mol. The van der Waals surface area contributed by atoms with Crippen LogP contribution in [0.4, 0.5) is 0 Å². The van der Waals surface area contributed by atoms with Crippen molar-refractivity contribution in [3.05, 3.63) is 59.4 Å². The maximum Gasteiger partial charge on any atom is 0.124 e. The minimum Gasteiger partial charge on any atom is -0.494 e. The van der Waals surface area contributed by atoms with E-state index < -0.39 is 0 Å². The molecule has 19 heavy (non-hydrogen) atoms. The molecule has 1 aromatic heterocycles. The molecule has 1 atom stereocenters. The topological polar surface area (TPSA) is 48.1 Å². The van der Waals surface area contributed by atoms with Crippen molar-refractivity contribution in [1.29, 1.82) is 0 Å². The van der Waals surface area contributed by atoms with Crippen molar-refractivity contribution < 1.29 is 4.74 Å². The van der Waals surface area contributed by atoms with Gasteiger partial charge in [-0.05, 0) is 36.6 Å². The first-order valence-corrected chi connectivity index (χ1v) is 6.68. The third-order valence-corrected chi connectivity index (χ3v) is 3.21. The van der Waals surface area contributed by atoms with Crippen LogP contribution in [0.15, 0.2) is 42.7 Å². The van der Waals surface area contributed by atoms with Crippen LogP contribution >= 0.6 is 0 Å². The van der Waals surface area contributed by atoms with Gasteiger partial charge in [-0.25, -0.2) is 0 Å². The minimum atomic E-state index is -0.180. The molecule has 3 nitrogen and oxygen atoms in total. The summed E-state index contributed by atoms with van der Waals surface area (Å²) < 4.78 is 5.66. The Labute approximate surface area is 114 Å². The van der Waals surface area contributed by atoms with Gasteiger partial charge in [0.2, 0.25) is 0 Å². The first-order chi connectivity index (χ1) is 9.27. The Balaban J connectivity index is 2.41.